The van der Waals surface area contributed by atoms with E-state index in [1.54, 1.807) is 0 Å². The fourth-order valence-electron chi connectivity index (χ4n) is 3.50. The van der Waals surface area contributed by atoms with E-state index in [1.165, 1.54) is 37.1 Å². The molecule has 2 aliphatic rings. The molecule has 0 spiro atoms. The van der Waals surface area contributed by atoms with Gasteiger partial charge in [-0.2, -0.15) is 0 Å². The van der Waals surface area contributed by atoms with Crippen LogP contribution in [0, 0.1) is 0 Å². The smallest absolute Gasteiger partial charge is 0.0146 e. The van der Waals surface area contributed by atoms with Crippen LogP contribution in [0.3, 0.4) is 0 Å². The average Bonchev–Trinajstić information content (AvgIpc) is 3.03. The normalized spacial score (nSPS) is 27.8. The van der Waals surface area contributed by atoms with Crippen molar-refractivity contribution in [1.82, 2.24) is 4.90 Å². The highest BCUT2D eigenvalue weighted by Gasteiger charge is 2.38. The van der Waals surface area contributed by atoms with Crippen LogP contribution in [0.5, 0.6) is 0 Å². The molecule has 0 amide bonds. The monoisotopic (exact) mass is 276 g/mol. The van der Waals surface area contributed by atoms with Crippen LogP contribution >= 0.6 is 11.8 Å². The van der Waals surface area contributed by atoms with Crippen molar-refractivity contribution in [2.45, 2.75) is 55.1 Å². The van der Waals surface area contributed by atoms with Crippen molar-refractivity contribution in [3.8, 4) is 0 Å². The molecule has 2 nitrogen and oxygen atoms in total. The van der Waals surface area contributed by atoms with Crippen LogP contribution in [0.2, 0.25) is 0 Å². The first-order valence-corrected chi connectivity index (χ1v) is 8.50. The van der Waals surface area contributed by atoms with E-state index in [4.69, 9.17) is 5.73 Å². The molecule has 2 heterocycles. The van der Waals surface area contributed by atoms with Gasteiger partial charge in [0.05, 0.1) is 0 Å². The van der Waals surface area contributed by atoms with Crippen LogP contribution in [0.1, 0.15) is 32.1 Å². The number of nitrogens with two attached hydrogens (primary N) is 1. The highest BCUT2D eigenvalue weighted by molar-refractivity contribution is 7.99. The van der Waals surface area contributed by atoms with Gasteiger partial charge in [-0.05, 0) is 44.2 Å². The second-order valence-corrected chi connectivity index (χ2v) is 6.97. The molecule has 0 saturated carbocycles. The summed E-state index contributed by atoms with van der Waals surface area (Å²) >= 11 is 1.88. The highest BCUT2D eigenvalue weighted by Crippen LogP contribution is 2.37. The molecule has 0 radical (unpaired) electrons. The third kappa shape index (κ3) is 3.33. The zero-order valence-electron chi connectivity index (χ0n) is 11.5. The topological polar surface area (TPSA) is 29.3 Å². The Hall–Kier alpha value is -0.510. The third-order valence-corrected chi connectivity index (χ3v) is 5.77. The quantitative estimate of drug-likeness (QED) is 0.810. The molecule has 1 atom stereocenters. The molecule has 2 N–H and O–H groups in total. The zero-order valence-corrected chi connectivity index (χ0v) is 12.3. The lowest BCUT2D eigenvalue weighted by atomic mass is 10.0. The van der Waals surface area contributed by atoms with E-state index in [0.717, 1.165) is 24.3 Å². The molecule has 2 saturated heterocycles. The van der Waals surface area contributed by atoms with E-state index < -0.39 is 0 Å². The van der Waals surface area contributed by atoms with Gasteiger partial charge in [0.25, 0.3) is 0 Å². The van der Waals surface area contributed by atoms with Crippen molar-refractivity contribution < 1.29 is 0 Å². The van der Waals surface area contributed by atoms with Crippen molar-refractivity contribution in [2.75, 3.05) is 12.3 Å². The van der Waals surface area contributed by atoms with Gasteiger partial charge >= 0.3 is 0 Å². The molecule has 104 valence electrons. The molecule has 3 heteroatoms. The van der Waals surface area contributed by atoms with Gasteiger partial charge in [-0.15, -0.1) is 11.8 Å². The van der Waals surface area contributed by atoms with Crippen molar-refractivity contribution in [1.29, 1.82) is 0 Å². The minimum Gasteiger partial charge on any atom is -0.327 e. The molecular weight excluding hydrogens is 252 g/mol. The number of nitrogens with zero attached hydrogens (tertiary/aromatic N) is 1. The van der Waals surface area contributed by atoms with Crippen molar-refractivity contribution >= 4 is 11.8 Å². The molecule has 0 unspecified atom stereocenters. The molecule has 0 aromatic heterocycles. The number of hydrogen-bond donors (Lipinski definition) is 1. The molecular formula is C16H24N2S. The summed E-state index contributed by atoms with van der Waals surface area (Å²) in [7, 11) is 0. The first kappa shape index (κ1) is 13.5. The van der Waals surface area contributed by atoms with Gasteiger partial charge < -0.3 is 5.73 Å². The number of fused-ring (bicyclic) bond motifs is 2. The second kappa shape index (κ2) is 6.29. The maximum absolute atomic E-state index is 6.26. The molecule has 2 fully saturated rings. The summed E-state index contributed by atoms with van der Waals surface area (Å²) in [5.74, 6) is 1.03. The SMILES string of the molecule is N[C@H](CCN1C2CCC1CC2)CSc1ccccc1. The number of thioether (sulfide) groups is 1. The Bertz CT molecular complexity index is 375. The lowest BCUT2D eigenvalue weighted by molar-refractivity contribution is 0.245. The Morgan fingerprint density at radius 2 is 1.74 bits per heavy atom. The largest absolute Gasteiger partial charge is 0.327 e. The van der Waals surface area contributed by atoms with Gasteiger partial charge in [-0.25, -0.2) is 0 Å². The van der Waals surface area contributed by atoms with Crippen LogP contribution in [0.15, 0.2) is 35.2 Å². The lowest BCUT2D eigenvalue weighted by Crippen LogP contribution is -2.34. The van der Waals surface area contributed by atoms with Gasteiger partial charge in [-0.3, -0.25) is 4.90 Å². The number of benzene rings is 1. The molecule has 2 aliphatic heterocycles. The third-order valence-electron chi connectivity index (χ3n) is 4.57. The molecule has 1 aromatic carbocycles. The minimum atomic E-state index is 0.324. The maximum atomic E-state index is 6.26. The summed E-state index contributed by atoms with van der Waals surface area (Å²) in [6.45, 7) is 1.21. The van der Waals surface area contributed by atoms with Crippen LogP contribution in [-0.4, -0.2) is 35.3 Å². The van der Waals surface area contributed by atoms with E-state index in [9.17, 15) is 0 Å². The van der Waals surface area contributed by atoms with Crippen LogP contribution in [0.25, 0.3) is 0 Å². The number of hydrogen-bond acceptors (Lipinski definition) is 3. The summed E-state index contributed by atoms with van der Waals surface area (Å²) in [5, 5.41) is 0. The minimum absolute atomic E-state index is 0.324. The van der Waals surface area contributed by atoms with Gasteiger partial charge in [0, 0.05) is 35.3 Å². The second-order valence-electron chi connectivity index (χ2n) is 5.87. The Kier molecular flexibility index (Phi) is 4.46. The van der Waals surface area contributed by atoms with E-state index in [-0.39, 0.29) is 0 Å². The van der Waals surface area contributed by atoms with E-state index >= 15 is 0 Å². The van der Waals surface area contributed by atoms with E-state index in [2.05, 4.69) is 35.2 Å². The van der Waals surface area contributed by atoms with E-state index in [0.29, 0.717) is 6.04 Å². The number of rotatable bonds is 6. The van der Waals surface area contributed by atoms with Crippen molar-refractivity contribution in [3.63, 3.8) is 0 Å². The van der Waals surface area contributed by atoms with Crippen LogP contribution < -0.4 is 5.73 Å². The Morgan fingerprint density at radius 3 is 2.37 bits per heavy atom. The fourth-order valence-corrected chi connectivity index (χ4v) is 4.43. The van der Waals surface area contributed by atoms with Crippen molar-refractivity contribution in [3.05, 3.63) is 30.3 Å². The predicted molar refractivity (Wildman–Crippen MR) is 82.5 cm³/mol. The maximum Gasteiger partial charge on any atom is 0.0146 e. The van der Waals surface area contributed by atoms with Gasteiger partial charge in [-0.1, -0.05) is 18.2 Å². The Labute approximate surface area is 120 Å². The average molecular weight is 276 g/mol. The summed E-state index contributed by atoms with van der Waals surface area (Å²) in [4.78, 5) is 4.06. The fraction of sp³-hybridized carbons (Fsp3) is 0.625. The highest BCUT2D eigenvalue weighted by atomic mass is 32.2. The van der Waals surface area contributed by atoms with Crippen molar-refractivity contribution in [2.24, 2.45) is 5.73 Å². The molecule has 2 bridgehead atoms. The molecule has 0 aliphatic carbocycles. The van der Waals surface area contributed by atoms with Crippen LogP contribution in [0.4, 0.5) is 0 Å². The van der Waals surface area contributed by atoms with Gasteiger partial charge in [0.2, 0.25) is 0 Å². The van der Waals surface area contributed by atoms with Gasteiger partial charge in [0.1, 0.15) is 0 Å². The zero-order chi connectivity index (χ0) is 13.1. The summed E-state index contributed by atoms with van der Waals surface area (Å²) in [6, 6.07) is 12.7. The first-order valence-electron chi connectivity index (χ1n) is 7.52. The van der Waals surface area contributed by atoms with Crippen LogP contribution in [-0.2, 0) is 0 Å². The molecule has 3 rings (SSSR count). The lowest BCUT2D eigenvalue weighted by Gasteiger charge is -2.23. The standard InChI is InChI=1S/C16H24N2S/c17-13(12-19-16-4-2-1-3-5-16)10-11-18-14-6-7-15(18)9-8-14/h1-5,13-15H,6-12,17H2/t13-,14?,15?/m1/s1. The summed E-state index contributed by atoms with van der Waals surface area (Å²) in [5.41, 5.74) is 6.26. The summed E-state index contributed by atoms with van der Waals surface area (Å²) in [6.07, 6.45) is 6.86. The van der Waals surface area contributed by atoms with Gasteiger partial charge in [0.15, 0.2) is 0 Å². The Morgan fingerprint density at radius 1 is 1.11 bits per heavy atom. The predicted octanol–water partition coefficient (Wildman–Crippen LogP) is 3.12. The molecule has 19 heavy (non-hydrogen) atoms. The van der Waals surface area contributed by atoms with E-state index in [1.807, 2.05) is 11.8 Å². The Balaban J connectivity index is 1.39. The first-order chi connectivity index (χ1) is 9.33. The molecule has 1 aromatic rings. The summed E-state index contributed by atoms with van der Waals surface area (Å²) < 4.78 is 0.